The van der Waals surface area contributed by atoms with E-state index in [0.717, 1.165) is 13.1 Å². The molecule has 0 radical (unpaired) electrons. The van der Waals surface area contributed by atoms with Crippen LogP contribution in [0.2, 0.25) is 0 Å². The SMILES string of the molecule is C[C@@H]1CNCCN1C(=O)CCn1[nH]c(=O)c2ccccc2c1=O.Cl. The molecule has 0 saturated carbocycles. The van der Waals surface area contributed by atoms with Crippen molar-refractivity contribution in [1.29, 1.82) is 0 Å². The molecule has 0 spiro atoms. The predicted molar refractivity (Wildman–Crippen MR) is 94.7 cm³/mol. The molecule has 1 atom stereocenters. The minimum Gasteiger partial charge on any atom is -0.337 e. The molecule has 8 heteroatoms. The molecule has 1 saturated heterocycles. The summed E-state index contributed by atoms with van der Waals surface area (Å²) >= 11 is 0. The molecule has 24 heavy (non-hydrogen) atoms. The molecule has 1 amide bonds. The molecule has 0 unspecified atom stereocenters. The number of aromatic nitrogens is 2. The quantitative estimate of drug-likeness (QED) is 0.833. The van der Waals surface area contributed by atoms with Gasteiger partial charge in [0.25, 0.3) is 11.1 Å². The lowest BCUT2D eigenvalue weighted by Crippen LogP contribution is -2.52. The molecule has 0 aliphatic carbocycles. The van der Waals surface area contributed by atoms with Gasteiger partial charge < -0.3 is 10.2 Å². The van der Waals surface area contributed by atoms with Crippen LogP contribution in [0.4, 0.5) is 0 Å². The van der Waals surface area contributed by atoms with E-state index >= 15 is 0 Å². The first kappa shape index (κ1) is 18.2. The Kier molecular flexibility index (Phi) is 5.80. The number of halogens is 1. The summed E-state index contributed by atoms with van der Waals surface area (Å²) in [7, 11) is 0. The molecule has 7 nitrogen and oxygen atoms in total. The summed E-state index contributed by atoms with van der Waals surface area (Å²) in [5.41, 5.74) is -0.593. The van der Waals surface area contributed by atoms with Crippen LogP contribution in [0.25, 0.3) is 10.8 Å². The van der Waals surface area contributed by atoms with E-state index in [-0.39, 0.29) is 48.4 Å². The molecule has 1 aliphatic rings. The number of benzene rings is 1. The number of H-pyrrole nitrogens is 1. The average Bonchev–Trinajstić information content (AvgIpc) is 2.57. The second-order valence-electron chi connectivity index (χ2n) is 5.83. The lowest BCUT2D eigenvalue weighted by atomic mass is 10.2. The lowest BCUT2D eigenvalue weighted by molar-refractivity contribution is -0.134. The molecule has 1 fully saturated rings. The fourth-order valence-corrected chi connectivity index (χ4v) is 2.97. The summed E-state index contributed by atoms with van der Waals surface area (Å²) in [5, 5.41) is 6.53. The minimum atomic E-state index is -0.316. The molecule has 3 rings (SSSR count). The summed E-state index contributed by atoms with van der Waals surface area (Å²) in [6.45, 7) is 4.40. The van der Waals surface area contributed by atoms with Crippen LogP contribution in [-0.2, 0) is 11.3 Å². The van der Waals surface area contributed by atoms with Gasteiger partial charge in [-0.25, -0.2) is 4.68 Å². The topological polar surface area (TPSA) is 87.2 Å². The monoisotopic (exact) mass is 352 g/mol. The first-order valence-corrected chi connectivity index (χ1v) is 7.80. The molecule has 1 aromatic heterocycles. The van der Waals surface area contributed by atoms with Crippen molar-refractivity contribution < 1.29 is 4.79 Å². The molecule has 1 aliphatic heterocycles. The molecular formula is C16H21ClN4O3. The van der Waals surface area contributed by atoms with Gasteiger partial charge in [0.2, 0.25) is 5.91 Å². The fourth-order valence-electron chi connectivity index (χ4n) is 2.97. The van der Waals surface area contributed by atoms with E-state index in [1.54, 1.807) is 24.3 Å². The van der Waals surface area contributed by atoms with Gasteiger partial charge in [0.1, 0.15) is 0 Å². The van der Waals surface area contributed by atoms with Crippen molar-refractivity contribution in [3.63, 3.8) is 0 Å². The smallest absolute Gasteiger partial charge is 0.273 e. The van der Waals surface area contributed by atoms with Gasteiger partial charge >= 0.3 is 0 Å². The molecule has 1 aromatic carbocycles. The minimum absolute atomic E-state index is 0. The van der Waals surface area contributed by atoms with Crippen LogP contribution >= 0.6 is 12.4 Å². The number of fused-ring (bicyclic) bond motifs is 1. The summed E-state index contributed by atoms with van der Waals surface area (Å²) in [6, 6.07) is 6.83. The van der Waals surface area contributed by atoms with Gasteiger partial charge in [-0.3, -0.25) is 19.5 Å². The number of carbonyl (C=O) groups excluding carboxylic acids is 1. The number of aryl methyl sites for hydroxylation is 1. The summed E-state index contributed by atoms with van der Waals surface area (Å²) in [4.78, 5) is 38.6. The zero-order valence-electron chi connectivity index (χ0n) is 13.4. The van der Waals surface area contributed by atoms with Gasteiger partial charge in [0, 0.05) is 32.1 Å². The first-order valence-electron chi connectivity index (χ1n) is 7.80. The number of nitrogens with one attached hydrogen (secondary N) is 2. The highest BCUT2D eigenvalue weighted by atomic mass is 35.5. The second-order valence-corrected chi connectivity index (χ2v) is 5.83. The van der Waals surface area contributed by atoms with E-state index in [4.69, 9.17) is 0 Å². The van der Waals surface area contributed by atoms with Gasteiger partial charge in [-0.1, -0.05) is 12.1 Å². The van der Waals surface area contributed by atoms with Crippen molar-refractivity contribution in [2.75, 3.05) is 19.6 Å². The van der Waals surface area contributed by atoms with Crippen molar-refractivity contribution in [3.05, 3.63) is 45.0 Å². The number of hydrogen-bond acceptors (Lipinski definition) is 4. The van der Waals surface area contributed by atoms with Crippen LogP contribution in [0.15, 0.2) is 33.9 Å². The van der Waals surface area contributed by atoms with Crippen LogP contribution in [-0.4, -0.2) is 46.3 Å². The molecule has 0 bridgehead atoms. The Morgan fingerprint density at radius 3 is 2.67 bits per heavy atom. The van der Waals surface area contributed by atoms with E-state index in [2.05, 4.69) is 10.4 Å². The van der Waals surface area contributed by atoms with E-state index < -0.39 is 0 Å². The average molecular weight is 353 g/mol. The van der Waals surface area contributed by atoms with Crippen molar-refractivity contribution >= 4 is 29.1 Å². The van der Waals surface area contributed by atoms with Crippen molar-refractivity contribution in [3.8, 4) is 0 Å². The van der Waals surface area contributed by atoms with E-state index in [0.29, 0.717) is 17.3 Å². The van der Waals surface area contributed by atoms with Crippen LogP contribution in [0.3, 0.4) is 0 Å². The molecule has 130 valence electrons. The number of aromatic amines is 1. The molecule has 2 aromatic rings. The summed E-state index contributed by atoms with van der Waals surface area (Å²) in [5.74, 6) is -0.0000856. The standard InChI is InChI=1S/C16H20N4O3.ClH/c1-11-10-17-7-9-19(11)14(21)6-8-20-16(23)13-5-3-2-4-12(13)15(22)18-20;/h2-5,11,17H,6-10H2,1H3,(H,18,22);1H/t11-;/m1./s1. The number of piperazine rings is 1. The third-order valence-corrected chi connectivity index (χ3v) is 4.25. The Bertz CT molecular complexity index is 845. The Morgan fingerprint density at radius 2 is 1.96 bits per heavy atom. The first-order chi connectivity index (χ1) is 11.1. The molecular weight excluding hydrogens is 332 g/mol. The zero-order valence-corrected chi connectivity index (χ0v) is 14.3. The zero-order chi connectivity index (χ0) is 16.4. The number of carbonyl (C=O) groups is 1. The maximum absolute atomic E-state index is 12.4. The summed E-state index contributed by atoms with van der Waals surface area (Å²) < 4.78 is 1.23. The lowest BCUT2D eigenvalue weighted by Gasteiger charge is -2.34. The number of amides is 1. The highest BCUT2D eigenvalue weighted by molar-refractivity contribution is 5.85. The van der Waals surface area contributed by atoms with Gasteiger partial charge in [0.05, 0.1) is 17.3 Å². The maximum Gasteiger partial charge on any atom is 0.273 e. The van der Waals surface area contributed by atoms with Crippen molar-refractivity contribution in [1.82, 2.24) is 20.0 Å². The van der Waals surface area contributed by atoms with Gasteiger partial charge in [-0.05, 0) is 19.1 Å². The van der Waals surface area contributed by atoms with Gasteiger partial charge in [-0.15, -0.1) is 12.4 Å². The normalized spacial score (nSPS) is 17.5. The number of rotatable bonds is 3. The van der Waals surface area contributed by atoms with Crippen LogP contribution < -0.4 is 16.4 Å². The Morgan fingerprint density at radius 1 is 1.25 bits per heavy atom. The highest BCUT2D eigenvalue weighted by Crippen LogP contribution is 2.06. The van der Waals surface area contributed by atoms with Gasteiger partial charge in [-0.2, -0.15) is 0 Å². The second kappa shape index (κ2) is 7.63. The Balaban J connectivity index is 0.00000208. The molecule has 2 N–H and O–H groups in total. The van der Waals surface area contributed by atoms with Crippen LogP contribution in [0.1, 0.15) is 13.3 Å². The van der Waals surface area contributed by atoms with E-state index in [1.165, 1.54) is 4.68 Å². The van der Waals surface area contributed by atoms with Crippen molar-refractivity contribution in [2.45, 2.75) is 25.9 Å². The number of hydrogen-bond donors (Lipinski definition) is 2. The fraction of sp³-hybridized carbons (Fsp3) is 0.438. The molecule has 2 heterocycles. The van der Waals surface area contributed by atoms with E-state index in [1.807, 2.05) is 11.8 Å². The van der Waals surface area contributed by atoms with Crippen LogP contribution in [0, 0.1) is 0 Å². The Labute approximate surface area is 145 Å². The largest absolute Gasteiger partial charge is 0.337 e. The van der Waals surface area contributed by atoms with E-state index in [9.17, 15) is 14.4 Å². The van der Waals surface area contributed by atoms with Gasteiger partial charge in [0.15, 0.2) is 0 Å². The Hall–Kier alpha value is -2.12. The predicted octanol–water partition coefficient (Wildman–Crippen LogP) is 0.322. The summed E-state index contributed by atoms with van der Waals surface area (Å²) in [6.07, 6.45) is 0.193. The highest BCUT2D eigenvalue weighted by Gasteiger charge is 2.22. The number of nitrogens with zero attached hydrogens (tertiary/aromatic N) is 2. The maximum atomic E-state index is 12.4. The third kappa shape index (κ3) is 3.52. The van der Waals surface area contributed by atoms with Crippen molar-refractivity contribution in [2.24, 2.45) is 0 Å². The third-order valence-electron chi connectivity index (χ3n) is 4.25. The van der Waals surface area contributed by atoms with Crippen LogP contribution in [0.5, 0.6) is 0 Å².